The predicted octanol–water partition coefficient (Wildman–Crippen LogP) is -1.29. The van der Waals surface area contributed by atoms with Crippen LogP contribution in [0.1, 0.15) is 13.8 Å². The second kappa shape index (κ2) is 6.55. The number of nitrogens with zero attached hydrogens (tertiary/aromatic N) is 4. The van der Waals surface area contributed by atoms with Crippen molar-refractivity contribution in [2.45, 2.75) is 25.9 Å². The summed E-state index contributed by atoms with van der Waals surface area (Å²) >= 11 is 0. The molecule has 0 saturated carbocycles. The molecule has 0 fully saturated rings. The summed E-state index contributed by atoms with van der Waals surface area (Å²) in [5.74, 6) is -0.448. The average molecular weight is 345 g/mol. The second-order valence-corrected chi connectivity index (χ2v) is 5.90. The summed E-state index contributed by atoms with van der Waals surface area (Å²) in [6, 6.07) is 0. The largest absolute Gasteiger partial charge is 0.348 e. The molecule has 1 amide bonds. The minimum atomic E-state index is -0.609. The standard InChI is InChI=1S/C13H20N6O3.ClH/c1-13(2,6-14)16-8(20)5-19-11(21)9-10(15-7-17(9)3)18(4)12(19)22;/h7H,5-6,14H2,1-4H3,(H,16,20);1H. The molecule has 9 nitrogen and oxygen atoms in total. The molecule has 2 heterocycles. The van der Waals surface area contributed by atoms with E-state index in [1.54, 1.807) is 20.9 Å². The van der Waals surface area contributed by atoms with Crippen molar-refractivity contribution in [1.29, 1.82) is 0 Å². The number of imidazole rings is 1. The maximum atomic E-state index is 12.4. The van der Waals surface area contributed by atoms with Crippen molar-refractivity contribution in [1.82, 2.24) is 24.0 Å². The van der Waals surface area contributed by atoms with Crippen molar-refractivity contribution in [3.8, 4) is 0 Å². The Morgan fingerprint density at radius 1 is 1.35 bits per heavy atom. The fraction of sp³-hybridized carbons (Fsp3) is 0.538. The molecule has 2 aromatic heterocycles. The van der Waals surface area contributed by atoms with Gasteiger partial charge in [0.25, 0.3) is 5.56 Å². The summed E-state index contributed by atoms with van der Waals surface area (Å²) in [5.41, 5.74) is 4.37. The fourth-order valence-corrected chi connectivity index (χ4v) is 2.15. The van der Waals surface area contributed by atoms with E-state index in [1.165, 1.54) is 22.5 Å². The number of carbonyl (C=O) groups is 1. The van der Waals surface area contributed by atoms with Crippen LogP contribution in [0.3, 0.4) is 0 Å². The first kappa shape index (κ1) is 18.9. The number of nitrogens with one attached hydrogen (secondary N) is 1. The lowest BCUT2D eigenvalue weighted by Gasteiger charge is -2.24. The highest BCUT2D eigenvalue weighted by Gasteiger charge is 2.21. The van der Waals surface area contributed by atoms with Crippen molar-refractivity contribution in [3.05, 3.63) is 27.2 Å². The summed E-state index contributed by atoms with van der Waals surface area (Å²) in [6.07, 6.45) is 1.45. The normalized spacial score (nSPS) is 11.3. The van der Waals surface area contributed by atoms with Gasteiger partial charge in [-0.3, -0.25) is 14.2 Å². The molecule has 0 radical (unpaired) electrons. The topological polar surface area (TPSA) is 117 Å². The maximum Gasteiger partial charge on any atom is 0.332 e. The number of aromatic nitrogens is 4. The average Bonchev–Trinajstić information content (AvgIpc) is 2.83. The Hall–Kier alpha value is -2.13. The zero-order chi connectivity index (χ0) is 16.7. The minimum Gasteiger partial charge on any atom is -0.348 e. The van der Waals surface area contributed by atoms with Crippen LogP contribution in [0.4, 0.5) is 0 Å². The van der Waals surface area contributed by atoms with Gasteiger partial charge in [0.2, 0.25) is 5.91 Å². The number of halogens is 1. The molecule has 2 aromatic rings. The monoisotopic (exact) mass is 344 g/mol. The van der Waals surface area contributed by atoms with Gasteiger partial charge in [-0.25, -0.2) is 14.3 Å². The molecule has 0 aromatic carbocycles. The number of amides is 1. The molecular formula is C13H21ClN6O3. The molecule has 0 aliphatic heterocycles. The van der Waals surface area contributed by atoms with Crippen molar-refractivity contribution >= 4 is 29.5 Å². The number of fused-ring (bicyclic) bond motifs is 1. The number of nitrogens with two attached hydrogens (primary N) is 1. The van der Waals surface area contributed by atoms with Crippen LogP contribution in [0.5, 0.6) is 0 Å². The zero-order valence-corrected chi connectivity index (χ0v) is 14.3. The Morgan fingerprint density at radius 2 is 1.96 bits per heavy atom. The lowest BCUT2D eigenvalue weighted by molar-refractivity contribution is -0.123. The lowest BCUT2D eigenvalue weighted by atomic mass is 10.1. The fourth-order valence-electron chi connectivity index (χ4n) is 2.15. The van der Waals surface area contributed by atoms with Crippen LogP contribution in [0.15, 0.2) is 15.9 Å². The van der Waals surface area contributed by atoms with Crippen molar-refractivity contribution in [2.75, 3.05) is 6.54 Å². The van der Waals surface area contributed by atoms with Crippen molar-refractivity contribution in [2.24, 2.45) is 19.8 Å². The quantitative estimate of drug-likeness (QED) is 0.715. The van der Waals surface area contributed by atoms with Crippen molar-refractivity contribution in [3.63, 3.8) is 0 Å². The summed E-state index contributed by atoms with van der Waals surface area (Å²) in [6.45, 7) is 3.40. The van der Waals surface area contributed by atoms with E-state index in [1.807, 2.05) is 0 Å². The number of carbonyl (C=O) groups excluding carboxylic acids is 1. The van der Waals surface area contributed by atoms with Crippen molar-refractivity contribution < 1.29 is 4.79 Å². The lowest BCUT2D eigenvalue weighted by Crippen LogP contribution is -2.52. The summed E-state index contributed by atoms with van der Waals surface area (Å²) in [4.78, 5) is 40.8. The van der Waals surface area contributed by atoms with Crippen LogP contribution in [0.2, 0.25) is 0 Å². The van der Waals surface area contributed by atoms with Gasteiger partial charge in [0.05, 0.1) is 6.33 Å². The molecule has 3 N–H and O–H groups in total. The first-order valence-corrected chi connectivity index (χ1v) is 6.80. The van der Waals surface area contributed by atoms with E-state index in [4.69, 9.17) is 5.73 Å². The summed E-state index contributed by atoms with van der Waals surface area (Å²) in [7, 11) is 3.17. The van der Waals surface area contributed by atoms with E-state index in [0.29, 0.717) is 0 Å². The van der Waals surface area contributed by atoms with Gasteiger partial charge in [0, 0.05) is 26.2 Å². The molecule has 0 bridgehead atoms. The first-order chi connectivity index (χ1) is 10.2. The SMILES string of the molecule is Cl.Cn1cnc2c1c(=O)n(CC(=O)NC(C)(C)CN)c(=O)n2C. The van der Waals surface area contributed by atoms with Gasteiger partial charge in [-0.05, 0) is 13.8 Å². The van der Waals surface area contributed by atoms with E-state index < -0.39 is 22.7 Å². The Balaban J connectivity index is 0.00000264. The summed E-state index contributed by atoms with van der Waals surface area (Å²) < 4.78 is 3.67. The van der Waals surface area contributed by atoms with Gasteiger partial charge >= 0.3 is 5.69 Å². The summed E-state index contributed by atoms with van der Waals surface area (Å²) in [5, 5.41) is 2.69. The molecule has 2 rings (SSSR count). The molecule has 0 aliphatic carbocycles. The third kappa shape index (κ3) is 3.45. The molecule has 0 atom stereocenters. The van der Waals surface area contributed by atoms with Crippen LogP contribution in [0.25, 0.3) is 11.2 Å². The Morgan fingerprint density at radius 3 is 2.52 bits per heavy atom. The van der Waals surface area contributed by atoms with Crippen LogP contribution in [-0.4, -0.2) is 36.7 Å². The molecule has 0 unspecified atom stereocenters. The minimum absolute atomic E-state index is 0. The van der Waals surface area contributed by atoms with Gasteiger partial charge in [0.1, 0.15) is 6.54 Å². The predicted molar refractivity (Wildman–Crippen MR) is 88.7 cm³/mol. The first-order valence-electron chi connectivity index (χ1n) is 6.80. The Bertz CT molecular complexity index is 848. The highest BCUT2D eigenvalue weighted by atomic mass is 35.5. The van der Waals surface area contributed by atoms with Gasteiger partial charge in [-0.15, -0.1) is 12.4 Å². The van der Waals surface area contributed by atoms with Gasteiger partial charge in [-0.1, -0.05) is 0 Å². The third-order valence-corrected chi connectivity index (χ3v) is 3.49. The van der Waals surface area contributed by atoms with E-state index in [2.05, 4.69) is 10.3 Å². The van der Waals surface area contributed by atoms with Gasteiger partial charge in [-0.2, -0.15) is 0 Å². The van der Waals surface area contributed by atoms with Crippen LogP contribution in [0, 0.1) is 0 Å². The number of hydrogen-bond donors (Lipinski definition) is 2. The number of rotatable bonds is 4. The van der Waals surface area contributed by atoms with Gasteiger partial charge < -0.3 is 15.6 Å². The van der Waals surface area contributed by atoms with Crippen LogP contribution in [-0.2, 0) is 25.4 Å². The van der Waals surface area contributed by atoms with Gasteiger partial charge in [0.15, 0.2) is 11.2 Å². The van der Waals surface area contributed by atoms with E-state index in [0.717, 1.165) is 4.57 Å². The molecule has 0 saturated heterocycles. The Labute approximate surface area is 138 Å². The smallest absolute Gasteiger partial charge is 0.332 e. The highest BCUT2D eigenvalue weighted by Crippen LogP contribution is 2.03. The maximum absolute atomic E-state index is 12.4. The van der Waals surface area contributed by atoms with E-state index in [9.17, 15) is 14.4 Å². The van der Waals surface area contributed by atoms with Crippen LogP contribution < -0.4 is 22.3 Å². The molecule has 0 spiro atoms. The van der Waals surface area contributed by atoms with E-state index in [-0.39, 0.29) is 36.7 Å². The van der Waals surface area contributed by atoms with E-state index >= 15 is 0 Å². The molecule has 10 heteroatoms. The third-order valence-electron chi connectivity index (χ3n) is 3.49. The molecule has 128 valence electrons. The molecular weight excluding hydrogens is 324 g/mol. The second-order valence-electron chi connectivity index (χ2n) is 5.90. The molecule has 0 aliphatic rings. The molecule has 23 heavy (non-hydrogen) atoms. The number of aryl methyl sites for hydroxylation is 2. The Kier molecular flexibility index (Phi) is 5.39. The highest BCUT2D eigenvalue weighted by molar-refractivity contribution is 5.85. The number of hydrogen-bond acceptors (Lipinski definition) is 5. The van der Waals surface area contributed by atoms with Crippen LogP contribution >= 0.6 is 12.4 Å². The zero-order valence-electron chi connectivity index (χ0n) is 13.5.